The standard InChI is InChI=1S/C30H32N2O3S/c1-5-8-24-16-23(17-26(34-4)28(24)35-19-22-10-7-9-20(3)15-22)18-27-29(33)32-30(36-27)31-25-13-11-21(6-2)12-14-25/h5,7,9-18,30-31H,1,6,8,19H2,2-4H3,(H,32,33)/b27-18-/t30-/m1/s1. The number of carbonyl (C=O) groups is 1. The number of hydrogen-bond acceptors (Lipinski definition) is 5. The Morgan fingerprint density at radius 1 is 1.11 bits per heavy atom. The van der Waals surface area contributed by atoms with E-state index >= 15 is 0 Å². The van der Waals surface area contributed by atoms with Crippen LogP contribution < -0.4 is 20.1 Å². The van der Waals surface area contributed by atoms with Gasteiger partial charge in [-0.05, 0) is 66.8 Å². The minimum atomic E-state index is -0.234. The molecule has 0 saturated carbocycles. The van der Waals surface area contributed by atoms with Crippen molar-refractivity contribution < 1.29 is 14.3 Å². The number of aryl methyl sites for hydroxylation is 2. The molecule has 0 spiro atoms. The van der Waals surface area contributed by atoms with Crippen molar-refractivity contribution in [2.24, 2.45) is 0 Å². The van der Waals surface area contributed by atoms with Gasteiger partial charge in [0.1, 0.15) is 6.61 Å². The molecular formula is C30H32N2O3S. The highest BCUT2D eigenvalue weighted by Gasteiger charge is 2.27. The van der Waals surface area contributed by atoms with Crippen LogP contribution in [-0.2, 0) is 24.2 Å². The summed E-state index contributed by atoms with van der Waals surface area (Å²) in [5.41, 5.74) is 6.12. The first-order chi connectivity index (χ1) is 17.5. The average Bonchev–Trinajstić information content (AvgIpc) is 3.21. The van der Waals surface area contributed by atoms with E-state index in [2.05, 4.69) is 55.3 Å². The fourth-order valence-electron chi connectivity index (χ4n) is 4.05. The summed E-state index contributed by atoms with van der Waals surface area (Å²) in [5, 5.41) is 6.37. The molecule has 1 heterocycles. The number of allylic oxidation sites excluding steroid dienone is 1. The Balaban J connectivity index is 1.53. The summed E-state index contributed by atoms with van der Waals surface area (Å²) in [6, 6.07) is 20.4. The van der Waals surface area contributed by atoms with Crippen LogP contribution >= 0.6 is 11.8 Å². The van der Waals surface area contributed by atoms with Crippen LogP contribution in [0.1, 0.15) is 34.7 Å². The normalized spacial score (nSPS) is 16.0. The van der Waals surface area contributed by atoms with Gasteiger partial charge in [0.25, 0.3) is 5.91 Å². The molecule has 0 bridgehead atoms. The monoisotopic (exact) mass is 500 g/mol. The van der Waals surface area contributed by atoms with Crippen LogP contribution in [0.3, 0.4) is 0 Å². The second kappa shape index (κ2) is 11.9. The van der Waals surface area contributed by atoms with Gasteiger partial charge >= 0.3 is 0 Å². The molecule has 0 aliphatic carbocycles. The molecule has 3 aromatic rings. The third-order valence-electron chi connectivity index (χ3n) is 5.89. The summed E-state index contributed by atoms with van der Waals surface area (Å²) in [7, 11) is 1.63. The topological polar surface area (TPSA) is 59.6 Å². The number of benzene rings is 3. The molecule has 4 rings (SSSR count). The van der Waals surface area contributed by atoms with E-state index in [-0.39, 0.29) is 11.4 Å². The molecule has 1 amide bonds. The van der Waals surface area contributed by atoms with Gasteiger partial charge in [0, 0.05) is 11.3 Å². The number of ether oxygens (including phenoxy) is 2. The van der Waals surface area contributed by atoms with Gasteiger partial charge in [0.15, 0.2) is 17.0 Å². The second-order valence-corrected chi connectivity index (χ2v) is 9.80. The van der Waals surface area contributed by atoms with Crippen LogP contribution in [0.5, 0.6) is 11.5 Å². The van der Waals surface area contributed by atoms with Crippen molar-refractivity contribution in [1.29, 1.82) is 0 Å². The maximum Gasteiger partial charge on any atom is 0.260 e. The molecule has 3 aromatic carbocycles. The Kier molecular flexibility index (Phi) is 8.39. The molecule has 1 saturated heterocycles. The molecular weight excluding hydrogens is 468 g/mol. The summed E-state index contributed by atoms with van der Waals surface area (Å²) < 4.78 is 11.9. The van der Waals surface area contributed by atoms with Gasteiger partial charge in [-0.3, -0.25) is 4.79 Å². The SMILES string of the molecule is C=CCc1cc(/C=C2\S[C@H](Nc3ccc(CC)cc3)NC2=O)cc(OC)c1OCc1cccc(C)c1. The number of amides is 1. The lowest BCUT2D eigenvalue weighted by Gasteiger charge is -2.16. The Bertz CT molecular complexity index is 1270. The van der Waals surface area contributed by atoms with Crippen molar-refractivity contribution in [2.75, 3.05) is 12.4 Å². The maximum atomic E-state index is 12.7. The predicted molar refractivity (Wildman–Crippen MR) is 149 cm³/mol. The number of methoxy groups -OCH3 is 1. The lowest BCUT2D eigenvalue weighted by molar-refractivity contribution is -0.116. The summed E-state index contributed by atoms with van der Waals surface area (Å²) in [5.74, 6) is 1.22. The van der Waals surface area contributed by atoms with Crippen molar-refractivity contribution in [3.63, 3.8) is 0 Å². The van der Waals surface area contributed by atoms with Gasteiger partial charge in [-0.25, -0.2) is 0 Å². The Hall–Kier alpha value is -3.64. The highest BCUT2D eigenvalue weighted by atomic mass is 32.2. The van der Waals surface area contributed by atoms with Gasteiger partial charge in [-0.2, -0.15) is 0 Å². The number of thioether (sulfide) groups is 1. The second-order valence-electron chi connectivity index (χ2n) is 8.66. The zero-order chi connectivity index (χ0) is 25.5. The summed E-state index contributed by atoms with van der Waals surface area (Å²) >= 11 is 1.46. The maximum absolute atomic E-state index is 12.7. The molecule has 5 nitrogen and oxygen atoms in total. The zero-order valence-electron chi connectivity index (χ0n) is 21.0. The molecule has 6 heteroatoms. The van der Waals surface area contributed by atoms with E-state index < -0.39 is 0 Å². The molecule has 0 aromatic heterocycles. The third-order valence-corrected chi connectivity index (χ3v) is 6.92. The molecule has 1 aliphatic heterocycles. The molecule has 1 fully saturated rings. The fraction of sp³-hybridized carbons (Fsp3) is 0.233. The molecule has 1 atom stereocenters. The van der Waals surface area contributed by atoms with Crippen LogP contribution in [-0.4, -0.2) is 18.5 Å². The smallest absolute Gasteiger partial charge is 0.260 e. The Morgan fingerprint density at radius 3 is 2.61 bits per heavy atom. The molecule has 1 aliphatic rings. The molecule has 0 radical (unpaired) electrons. The molecule has 186 valence electrons. The van der Waals surface area contributed by atoms with Crippen molar-refractivity contribution in [3.05, 3.63) is 106 Å². The van der Waals surface area contributed by atoms with Crippen LogP contribution in [0.2, 0.25) is 0 Å². The third kappa shape index (κ3) is 6.32. The number of rotatable bonds is 10. The van der Waals surface area contributed by atoms with Crippen molar-refractivity contribution in [2.45, 2.75) is 38.8 Å². The summed E-state index contributed by atoms with van der Waals surface area (Å²) in [6.07, 6.45) is 5.34. The van der Waals surface area contributed by atoms with Crippen molar-refractivity contribution in [1.82, 2.24) is 5.32 Å². The summed E-state index contributed by atoms with van der Waals surface area (Å²) in [6.45, 7) is 8.53. The minimum Gasteiger partial charge on any atom is -0.493 e. The van der Waals surface area contributed by atoms with Gasteiger partial charge in [0.05, 0.1) is 12.0 Å². The van der Waals surface area contributed by atoms with E-state index in [0.717, 1.165) is 28.8 Å². The Labute approximate surface area is 217 Å². The lowest BCUT2D eigenvalue weighted by Crippen LogP contribution is -2.30. The van der Waals surface area contributed by atoms with E-state index in [1.807, 2.05) is 48.6 Å². The molecule has 36 heavy (non-hydrogen) atoms. The van der Waals surface area contributed by atoms with Crippen LogP contribution in [0.15, 0.2) is 78.2 Å². The van der Waals surface area contributed by atoms with Gasteiger partial charge in [-0.15, -0.1) is 6.58 Å². The van der Waals surface area contributed by atoms with E-state index in [4.69, 9.17) is 9.47 Å². The van der Waals surface area contributed by atoms with Gasteiger partial charge < -0.3 is 20.1 Å². The fourth-order valence-corrected chi connectivity index (χ4v) is 5.04. The summed E-state index contributed by atoms with van der Waals surface area (Å²) in [4.78, 5) is 13.3. The van der Waals surface area contributed by atoms with Crippen molar-refractivity contribution >= 4 is 29.4 Å². The number of hydrogen-bond donors (Lipinski definition) is 2. The highest BCUT2D eigenvalue weighted by molar-refractivity contribution is 8.05. The minimum absolute atomic E-state index is 0.105. The van der Waals surface area contributed by atoms with Crippen LogP contribution in [0.25, 0.3) is 6.08 Å². The number of nitrogens with one attached hydrogen (secondary N) is 2. The molecule has 2 N–H and O–H groups in total. The first-order valence-corrected chi connectivity index (χ1v) is 12.9. The van der Waals surface area contributed by atoms with Crippen molar-refractivity contribution in [3.8, 4) is 11.5 Å². The van der Waals surface area contributed by atoms with E-state index in [1.165, 1.54) is 22.9 Å². The zero-order valence-corrected chi connectivity index (χ0v) is 21.8. The van der Waals surface area contributed by atoms with E-state index in [0.29, 0.717) is 29.4 Å². The lowest BCUT2D eigenvalue weighted by atomic mass is 10.0. The highest BCUT2D eigenvalue weighted by Crippen LogP contribution is 2.37. The first-order valence-electron chi connectivity index (χ1n) is 12.0. The predicted octanol–water partition coefficient (Wildman–Crippen LogP) is 6.47. The first kappa shape index (κ1) is 25.5. The quantitative estimate of drug-likeness (QED) is 0.247. The van der Waals surface area contributed by atoms with E-state index in [1.54, 1.807) is 7.11 Å². The Morgan fingerprint density at radius 2 is 1.92 bits per heavy atom. The molecule has 0 unspecified atom stereocenters. The average molecular weight is 501 g/mol. The van der Waals surface area contributed by atoms with Crippen LogP contribution in [0, 0.1) is 6.92 Å². The van der Waals surface area contributed by atoms with E-state index in [9.17, 15) is 4.79 Å². The van der Waals surface area contributed by atoms with Gasteiger partial charge in [0.2, 0.25) is 0 Å². The number of carbonyl (C=O) groups excluding carboxylic acids is 1. The van der Waals surface area contributed by atoms with Crippen LogP contribution in [0.4, 0.5) is 5.69 Å². The largest absolute Gasteiger partial charge is 0.493 e. The van der Waals surface area contributed by atoms with Gasteiger partial charge in [-0.1, -0.05) is 66.7 Å². The number of anilines is 1.